The van der Waals surface area contributed by atoms with Gasteiger partial charge >= 0.3 is 0 Å². The van der Waals surface area contributed by atoms with E-state index in [1.54, 1.807) is 0 Å². The third-order valence-electron chi connectivity index (χ3n) is 4.76. The van der Waals surface area contributed by atoms with E-state index >= 15 is 0 Å². The van der Waals surface area contributed by atoms with Crippen molar-refractivity contribution in [2.24, 2.45) is 0 Å². The molecule has 3 aromatic rings. The maximum Gasteiger partial charge on any atom is 0.196 e. The molecule has 0 bridgehead atoms. The van der Waals surface area contributed by atoms with Gasteiger partial charge in [0.1, 0.15) is 11.5 Å². The summed E-state index contributed by atoms with van der Waals surface area (Å²) in [6, 6.07) is 22.3. The summed E-state index contributed by atoms with van der Waals surface area (Å²) in [6.07, 6.45) is -0.544. The van der Waals surface area contributed by atoms with Crippen molar-refractivity contribution in [3.63, 3.8) is 0 Å². The van der Waals surface area contributed by atoms with Crippen LogP contribution in [-0.4, -0.2) is 25.8 Å². The van der Waals surface area contributed by atoms with Gasteiger partial charge in [-0.1, -0.05) is 30.3 Å². The van der Waals surface area contributed by atoms with Crippen molar-refractivity contribution in [1.29, 1.82) is 0 Å². The van der Waals surface area contributed by atoms with Crippen LogP contribution in [0.25, 0.3) is 22.3 Å². The number of hydrogen-bond donors (Lipinski definition) is 1. The van der Waals surface area contributed by atoms with E-state index < -0.39 is 0 Å². The number of benzene rings is 3. The molecule has 0 saturated carbocycles. The molecule has 0 saturated heterocycles. The standard InChI is InChI=1S/C26H30O4S/c1-5-27-18(3)29-23-12-7-20(8-13-23)22-11-16-26(31)25(17-22)21-9-14-24(15-10-21)30-19(4)28-6-2/h7-19,31H,5-6H2,1-4H3. The molecule has 31 heavy (non-hydrogen) atoms. The molecule has 0 amide bonds. The van der Waals surface area contributed by atoms with Gasteiger partial charge < -0.3 is 18.9 Å². The fourth-order valence-electron chi connectivity index (χ4n) is 3.31. The molecule has 0 spiro atoms. The molecule has 0 aliphatic rings. The molecule has 4 nitrogen and oxygen atoms in total. The molecule has 3 rings (SSSR count). The highest BCUT2D eigenvalue weighted by Gasteiger charge is 2.09. The summed E-state index contributed by atoms with van der Waals surface area (Å²) >= 11 is 4.67. The zero-order valence-corrected chi connectivity index (χ0v) is 19.4. The number of thiol groups is 1. The zero-order valence-electron chi connectivity index (χ0n) is 18.5. The van der Waals surface area contributed by atoms with Crippen molar-refractivity contribution in [1.82, 2.24) is 0 Å². The van der Waals surface area contributed by atoms with E-state index in [4.69, 9.17) is 18.9 Å². The molecule has 0 aliphatic heterocycles. The van der Waals surface area contributed by atoms with Crippen LogP contribution in [0.3, 0.4) is 0 Å². The minimum Gasteiger partial charge on any atom is -0.465 e. The molecule has 0 aromatic heterocycles. The number of hydrogen-bond acceptors (Lipinski definition) is 5. The number of ether oxygens (including phenoxy) is 4. The minimum absolute atomic E-state index is 0.269. The summed E-state index contributed by atoms with van der Waals surface area (Å²) in [5.41, 5.74) is 4.36. The van der Waals surface area contributed by atoms with E-state index in [-0.39, 0.29) is 12.6 Å². The highest BCUT2D eigenvalue weighted by atomic mass is 32.1. The molecule has 0 N–H and O–H groups in total. The summed E-state index contributed by atoms with van der Waals surface area (Å²) in [4.78, 5) is 0.922. The SMILES string of the molecule is CCOC(C)Oc1ccc(-c2ccc(S)c(-c3ccc(OC(C)OCC)cc3)c2)cc1. The molecule has 164 valence electrons. The molecular weight excluding hydrogens is 408 g/mol. The second-order valence-electron chi connectivity index (χ2n) is 7.06. The van der Waals surface area contributed by atoms with Gasteiger partial charge in [0, 0.05) is 18.1 Å². The van der Waals surface area contributed by atoms with Crippen LogP contribution in [-0.2, 0) is 9.47 Å². The van der Waals surface area contributed by atoms with Crippen LogP contribution in [0.2, 0.25) is 0 Å². The molecule has 0 radical (unpaired) electrons. The second-order valence-corrected chi connectivity index (χ2v) is 7.54. The van der Waals surface area contributed by atoms with Crippen molar-refractivity contribution in [2.75, 3.05) is 13.2 Å². The van der Waals surface area contributed by atoms with Crippen molar-refractivity contribution in [3.05, 3.63) is 66.7 Å². The van der Waals surface area contributed by atoms with Crippen LogP contribution in [0.15, 0.2) is 71.6 Å². The quantitative estimate of drug-likeness (QED) is 0.278. The van der Waals surface area contributed by atoms with Gasteiger partial charge in [0.2, 0.25) is 0 Å². The van der Waals surface area contributed by atoms with Gasteiger partial charge in [-0.05, 0) is 86.3 Å². The van der Waals surface area contributed by atoms with E-state index in [1.807, 2.05) is 70.2 Å². The Hall–Kier alpha value is -2.47. The first-order chi connectivity index (χ1) is 15.0. The van der Waals surface area contributed by atoms with Crippen molar-refractivity contribution in [2.45, 2.75) is 45.2 Å². The topological polar surface area (TPSA) is 36.9 Å². The van der Waals surface area contributed by atoms with Gasteiger partial charge in [-0.25, -0.2) is 0 Å². The second kappa shape index (κ2) is 11.2. The lowest BCUT2D eigenvalue weighted by molar-refractivity contribution is -0.0616. The Morgan fingerprint density at radius 2 is 1.10 bits per heavy atom. The average molecular weight is 439 g/mol. The summed E-state index contributed by atoms with van der Waals surface area (Å²) in [5.74, 6) is 1.56. The van der Waals surface area contributed by atoms with Crippen LogP contribution in [0.4, 0.5) is 0 Å². The summed E-state index contributed by atoms with van der Waals surface area (Å²) in [6.45, 7) is 8.92. The van der Waals surface area contributed by atoms with Gasteiger partial charge in [0.05, 0.1) is 0 Å². The van der Waals surface area contributed by atoms with Gasteiger partial charge in [-0.15, -0.1) is 12.6 Å². The first-order valence-corrected chi connectivity index (χ1v) is 11.0. The lowest BCUT2D eigenvalue weighted by Gasteiger charge is -2.15. The predicted molar refractivity (Wildman–Crippen MR) is 128 cm³/mol. The van der Waals surface area contributed by atoms with Crippen molar-refractivity contribution >= 4 is 12.6 Å². The summed E-state index contributed by atoms with van der Waals surface area (Å²) < 4.78 is 22.4. The summed E-state index contributed by atoms with van der Waals surface area (Å²) in [7, 11) is 0. The number of rotatable bonds is 10. The Morgan fingerprint density at radius 3 is 1.58 bits per heavy atom. The smallest absolute Gasteiger partial charge is 0.196 e. The predicted octanol–water partition coefficient (Wildman–Crippen LogP) is 6.83. The van der Waals surface area contributed by atoms with Crippen LogP contribution in [0.5, 0.6) is 11.5 Å². The molecule has 0 heterocycles. The Bertz CT molecular complexity index is 954. The lowest BCUT2D eigenvalue weighted by Crippen LogP contribution is -2.15. The van der Waals surface area contributed by atoms with Crippen molar-refractivity contribution in [3.8, 4) is 33.8 Å². The maximum absolute atomic E-state index is 5.76. The largest absolute Gasteiger partial charge is 0.465 e. The van der Waals surface area contributed by atoms with Crippen LogP contribution >= 0.6 is 12.6 Å². The van der Waals surface area contributed by atoms with E-state index in [2.05, 4.69) is 36.9 Å². The minimum atomic E-state index is -0.275. The molecule has 0 aliphatic carbocycles. The van der Waals surface area contributed by atoms with Crippen LogP contribution < -0.4 is 9.47 Å². The third-order valence-corrected chi connectivity index (χ3v) is 5.15. The summed E-state index contributed by atoms with van der Waals surface area (Å²) in [5, 5.41) is 0. The van der Waals surface area contributed by atoms with Crippen LogP contribution in [0.1, 0.15) is 27.7 Å². The van der Waals surface area contributed by atoms with Gasteiger partial charge in [-0.2, -0.15) is 0 Å². The first-order valence-electron chi connectivity index (χ1n) is 10.6. The highest BCUT2D eigenvalue weighted by Crippen LogP contribution is 2.33. The lowest BCUT2D eigenvalue weighted by atomic mass is 9.99. The zero-order chi connectivity index (χ0) is 22.2. The molecule has 2 unspecified atom stereocenters. The first kappa shape index (κ1) is 23.2. The van der Waals surface area contributed by atoms with Gasteiger partial charge in [-0.3, -0.25) is 0 Å². The fourth-order valence-corrected chi connectivity index (χ4v) is 3.57. The third kappa shape index (κ3) is 6.50. The van der Waals surface area contributed by atoms with E-state index in [1.165, 1.54) is 0 Å². The Balaban J connectivity index is 1.77. The molecule has 2 atom stereocenters. The van der Waals surface area contributed by atoms with Crippen LogP contribution in [0, 0.1) is 0 Å². The monoisotopic (exact) mass is 438 g/mol. The fraction of sp³-hybridized carbons (Fsp3) is 0.308. The maximum atomic E-state index is 5.76. The Kier molecular flexibility index (Phi) is 8.41. The van der Waals surface area contributed by atoms with E-state index in [0.717, 1.165) is 38.6 Å². The Morgan fingerprint density at radius 1 is 0.645 bits per heavy atom. The Labute approximate surface area is 190 Å². The van der Waals surface area contributed by atoms with E-state index in [9.17, 15) is 0 Å². The molecule has 0 fully saturated rings. The normalized spacial score (nSPS) is 12.9. The van der Waals surface area contributed by atoms with Crippen molar-refractivity contribution < 1.29 is 18.9 Å². The average Bonchev–Trinajstić information content (AvgIpc) is 2.76. The highest BCUT2D eigenvalue weighted by molar-refractivity contribution is 7.80. The molecule has 5 heteroatoms. The van der Waals surface area contributed by atoms with Gasteiger partial charge in [0.25, 0.3) is 0 Å². The van der Waals surface area contributed by atoms with Gasteiger partial charge in [0.15, 0.2) is 12.6 Å². The van der Waals surface area contributed by atoms with E-state index in [0.29, 0.717) is 13.2 Å². The molecular formula is C26H30O4S. The molecule has 3 aromatic carbocycles.